The van der Waals surface area contributed by atoms with E-state index in [9.17, 15) is 4.79 Å². The fourth-order valence-corrected chi connectivity index (χ4v) is 1.82. The topological polar surface area (TPSA) is 63.1 Å². The molecule has 1 N–H and O–H groups in total. The summed E-state index contributed by atoms with van der Waals surface area (Å²) in [5.41, 5.74) is 1.98. The summed E-state index contributed by atoms with van der Waals surface area (Å²) >= 11 is 0. The molecular formula is C12H10N4O. The molecule has 0 fully saturated rings. The van der Waals surface area contributed by atoms with Gasteiger partial charge in [0.25, 0.3) is 0 Å². The van der Waals surface area contributed by atoms with E-state index in [4.69, 9.17) is 0 Å². The normalized spacial score (nSPS) is 10.9. The standard InChI is InChI=1S/C12H10N4O/c1-8-7-10-14-15-11(16(10)12(17)13-8)9-5-3-2-4-6-9/h2-7H,1H3,(H,13,17). The molecule has 2 heterocycles. The predicted octanol–water partition coefficient (Wildman–Crippen LogP) is 1.39. The van der Waals surface area contributed by atoms with E-state index in [1.54, 1.807) is 6.07 Å². The molecule has 5 heteroatoms. The van der Waals surface area contributed by atoms with Crippen LogP contribution in [0.15, 0.2) is 41.2 Å². The van der Waals surface area contributed by atoms with E-state index in [0.717, 1.165) is 11.3 Å². The van der Waals surface area contributed by atoms with Crippen molar-refractivity contribution in [1.29, 1.82) is 0 Å². The van der Waals surface area contributed by atoms with Crippen LogP contribution in [0.4, 0.5) is 0 Å². The fourth-order valence-electron chi connectivity index (χ4n) is 1.82. The Morgan fingerprint density at radius 2 is 1.94 bits per heavy atom. The Hall–Kier alpha value is -2.43. The van der Waals surface area contributed by atoms with Gasteiger partial charge in [0, 0.05) is 17.3 Å². The summed E-state index contributed by atoms with van der Waals surface area (Å²) in [4.78, 5) is 14.6. The van der Waals surface area contributed by atoms with Gasteiger partial charge in [-0.3, -0.25) is 0 Å². The summed E-state index contributed by atoms with van der Waals surface area (Å²) in [6.07, 6.45) is 0. The van der Waals surface area contributed by atoms with Crippen LogP contribution in [0, 0.1) is 6.92 Å². The molecule has 0 atom stereocenters. The first-order valence-corrected chi connectivity index (χ1v) is 5.26. The average molecular weight is 226 g/mol. The van der Waals surface area contributed by atoms with Crippen LogP contribution in [0.1, 0.15) is 5.69 Å². The number of H-pyrrole nitrogens is 1. The lowest BCUT2D eigenvalue weighted by Crippen LogP contribution is -2.17. The predicted molar refractivity (Wildman–Crippen MR) is 63.8 cm³/mol. The van der Waals surface area contributed by atoms with Gasteiger partial charge in [0.1, 0.15) is 0 Å². The number of nitrogens with one attached hydrogen (secondary N) is 1. The zero-order valence-electron chi connectivity index (χ0n) is 9.21. The van der Waals surface area contributed by atoms with Gasteiger partial charge in [-0.15, -0.1) is 10.2 Å². The minimum Gasteiger partial charge on any atom is -0.311 e. The Balaban J connectivity index is 2.37. The van der Waals surface area contributed by atoms with Crippen LogP contribution in [-0.4, -0.2) is 19.6 Å². The number of hydrogen-bond acceptors (Lipinski definition) is 3. The summed E-state index contributed by atoms with van der Waals surface area (Å²) < 4.78 is 1.47. The maximum atomic E-state index is 11.9. The molecule has 17 heavy (non-hydrogen) atoms. The molecule has 84 valence electrons. The van der Waals surface area contributed by atoms with E-state index >= 15 is 0 Å². The fraction of sp³-hybridized carbons (Fsp3) is 0.0833. The molecule has 0 unspecified atom stereocenters. The van der Waals surface area contributed by atoms with Crippen molar-refractivity contribution in [2.75, 3.05) is 0 Å². The maximum absolute atomic E-state index is 11.9. The van der Waals surface area contributed by atoms with E-state index < -0.39 is 0 Å². The zero-order chi connectivity index (χ0) is 11.8. The van der Waals surface area contributed by atoms with Crippen molar-refractivity contribution in [3.05, 3.63) is 52.6 Å². The van der Waals surface area contributed by atoms with Gasteiger partial charge in [0.15, 0.2) is 11.5 Å². The molecule has 0 bridgehead atoms. The Labute approximate surface area is 96.8 Å². The zero-order valence-corrected chi connectivity index (χ0v) is 9.21. The van der Waals surface area contributed by atoms with Gasteiger partial charge in [-0.2, -0.15) is 0 Å². The monoisotopic (exact) mass is 226 g/mol. The van der Waals surface area contributed by atoms with Crippen molar-refractivity contribution >= 4 is 5.65 Å². The largest absolute Gasteiger partial charge is 0.333 e. The molecular weight excluding hydrogens is 216 g/mol. The van der Waals surface area contributed by atoms with Gasteiger partial charge >= 0.3 is 5.69 Å². The summed E-state index contributed by atoms with van der Waals surface area (Å²) in [5.74, 6) is 0.557. The molecule has 0 saturated carbocycles. The highest BCUT2D eigenvalue weighted by atomic mass is 16.1. The van der Waals surface area contributed by atoms with E-state index in [0.29, 0.717) is 11.5 Å². The highest BCUT2D eigenvalue weighted by molar-refractivity contribution is 5.58. The maximum Gasteiger partial charge on any atom is 0.333 e. The molecule has 3 rings (SSSR count). The number of fused-ring (bicyclic) bond motifs is 1. The number of aromatic amines is 1. The molecule has 0 aliphatic rings. The minimum atomic E-state index is -0.219. The molecule has 0 radical (unpaired) electrons. The molecule has 0 amide bonds. The Morgan fingerprint density at radius 1 is 1.18 bits per heavy atom. The second-order valence-electron chi connectivity index (χ2n) is 3.84. The van der Waals surface area contributed by atoms with Crippen molar-refractivity contribution in [3.63, 3.8) is 0 Å². The summed E-state index contributed by atoms with van der Waals surface area (Å²) in [7, 11) is 0. The van der Waals surface area contributed by atoms with E-state index in [1.807, 2.05) is 37.3 Å². The number of nitrogens with zero attached hydrogens (tertiary/aromatic N) is 3. The quantitative estimate of drug-likeness (QED) is 0.682. The highest BCUT2D eigenvalue weighted by Crippen LogP contribution is 2.15. The van der Waals surface area contributed by atoms with Gasteiger partial charge in [-0.25, -0.2) is 9.20 Å². The van der Waals surface area contributed by atoms with Gasteiger partial charge in [0.05, 0.1) is 0 Å². The number of hydrogen-bond donors (Lipinski definition) is 1. The summed E-state index contributed by atoms with van der Waals surface area (Å²) in [6.45, 7) is 1.82. The van der Waals surface area contributed by atoms with Gasteiger partial charge in [0.2, 0.25) is 0 Å². The molecule has 1 aromatic carbocycles. The number of aromatic nitrogens is 4. The van der Waals surface area contributed by atoms with Crippen molar-refractivity contribution in [3.8, 4) is 11.4 Å². The smallest absolute Gasteiger partial charge is 0.311 e. The first kappa shape index (κ1) is 9.77. The molecule has 0 spiro atoms. The van der Waals surface area contributed by atoms with Crippen LogP contribution in [0.25, 0.3) is 17.0 Å². The third-order valence-electron chi connectivity index (χ3n) is 2.57. The summed E-state index contributed by atoms with van der Waals surface area (Å²) in [6, 6.07) is 11.3. The average Bonchev–Trinajstić information content (AvgIpc) is 2.74. The van der Waals surface area contributed by atoms with Crippen LogP contribution in [-0.2, 0) is 0 Å². The van der Waals surface area contributed by atoms with Gasteiger partial charge in [-0.1, -0.05) is 30.3 Å². The SMILES string of the molecule is Cc1cc2nnc(-c3ccccc3)n2c(=O)[nH]1. The molecule has 0 aliphatic carbocycles. The molecule has 3 aromatic rings. The third kappa shape index (κ3) is 1.52. The first-order chi connectivity index (χ1) is 8.25. The van der Waals surface area contributed by atoms with Gasteiger partial charge < -0.3 is 4.98 Å². The van der Waals surface area contributed by atoms with Crippen LogP contribution in [0.3, 0.4) is 0 Å². The Morgan fingerprint density at radius 3 is 2.71 bits per heavy atom. The van der Waals surface area contributed by atoms with Crippen LogP contribution in [0.2, 0.25) is 0 Å². The Kier molecular flexibility index (Phi) is 2.04. The van der Waals surface area contributed by atoms with Crippen molar-refractivity contribution in [2.45, 2.75) is 6.92 Å². The highest BCUT2D eigenvalue weighted by Gasteiger charge is 2.10. The second kappa shape index (κ2) is 3.55. The van der Waals surface area contributed by atoms with Crippen molar-refractivity contribution in [1.82, 2.24) is 19.6 Å². The molecule has 2 aromatic heterocycles. The summed E-state index contributed by atoms with van der Waals surface area (Å²) in [5, 5.41) is 8.07. The van der Waals surface area contributed by atoms with Crippen LogP contribution in [0.5, 0.6) is 0 Å². The van der Waals surface area contributed by atoms with E-state index in [1.165, 1.54) is 4.40 Å². The van der Waals surface area contributed by atoms with E-state index in [2.05, 4.69) is 15.2 Å². The lowest BCUT2D eigenvalue weighted by atomic mass is 10.2. The second-order valence-corrected chi connectivity index (χ2v) is 3.84. The number of rotatable bonds is 1. The van der Waals surface area contributed by atoms with Crippen molar-refractivity contribution < 1.29 is 0 Å². The number of benzene rings is 1. The van der Waals surface area contributed by atoms with E-state index in [-0.39, 0.29) is 5.69 Å². The molecule has 0 saturated heterocycles. The minimum absolute atomic E-state index is 0.219. The van der Waals surface area contributed by atoms with Crippen molar-refractivity contribution in [2.24, 2.45) is 0 Å². The third-order valence-corrected chi connectivity index (χ3v) is 2.57. The molecule has 5 nitrogen and oxygen atoms in total. The first-order valence-electron chi connectivity index (χ1n) is 5.26. The van der Waals surface area contributed by atoms with Crippen LogP contribution >= 0.6 is 0 Å². The molecule has 0 aliphatic heterocycles. The van der Waals surface area contributed by atoms with Crippen LogP contribution < -0.4 is 5.69 Å². The Bertz CT molecular complexity index is 727. The lowest BCUT2D eigenvalue weighted by molar-refractivity contribution is 0.974. The van der Waals surface area contributed by atoms with Gasteiger partial charge in [-0.05, 0) is 6.92 Å². The lowest BCUT2D eigenvalue weighted by Gasteiger charge is -1.99. The number of aryl methyl sites for hydroxylation is 1.